The Morgan fingerprint density at radius 3 is 2.43 bits per heavy atom. The van der Waals surface area contributed by atoms with Gasteiger partial charge in [-0.25, -0.2) is 0 Å². The third-order valence-corrected chi connectivity index (χ3v) is 9.56. The molecule has 0 aromatic heterocycles. The Labute approximate surface area is 167 Å². The van der Waals surface area contributed by atoms with Crippen LogP contribution in [0.5, 0.6) is 0 Å². The van der Waals surface area contributed by atoms with Crippen LogP contribution in [0.15, 0.2) is 11.6 Å². The number of nitrogens with zero attached hydrogens (tertiary/aromatic N) is 1. The molecule has 5 aliphatic rings. The molecule has 7 atom stereocenters. The van der Waals surface area contributed by atoms with E-state index in [0.717, 1.165) is 38.5 Å². The first-order chi connectivity index (χ1) is 13.2. The Morgan fingerprint density at radius 2 is 1.71 bits per heavy atom. The molecule has 28 heavy (non-hydrogen) atoms. The van der Waals surface area contributed by atoms with Crippen LogP contribution in [0.25, 0.3) is 0 Å². The molecule has 1 aliphatic heterocycles. The highest BCUT2D eigenvalue weighted by molar-refractivity contribution is 6.02. The summed E-state index contributed by atoms with van der Waals surface area (Å²) < 4.78 is 0. The first kappa shape index (κ1) is 18.8. The normalized spacial score (nSPS) is 50.9. The van der Waals surface area contributed by atoms with E-state index < -0.39 is 5.72 Å². The molecule has 1 heterocycles. The number of likely N-dealkylation sites (tertiary alicyclic amines) is 1. The molecular weight excluding hydrogens is 354 g/mol. The van der Waals surface area contributed by atoms with Crippen LogP contribution in [0.3, 0.4) is 0 Å². The van der Waals surface area contributed by atoms with Crippen molar-refractivity contribution in [3.8, 4) is 0 Å². The Balaban J connectivity index is 1.44. The summed E-state index contributed by atoms with van der Waals surface area (Å²) in [6.45, 7) is 4.63. The lowest BCUT2D eigenvalue weighted by atomic mass is 9.47. The van der Waals surface area contributed by atoms with E-state index >= 15 is 0 Å². The number of imide groups is 1. The summed E-state index contributed by atoms with van der Waals surface area (Å²) in [6, 6.07) is 0. The fraction of sp³-hybridized carbons (Fsp3) is 0.826. The van der Waals surface area contributed by atoms with Gasteiger partial charge in [0, 0.05) is 19.3 Å². The lowest BCUT2D eigenvalue weighted by Crippen LogP contribution is -2.58. The summed E-state index contributed by atoms with van der Waals surface area (Å²) >= 11 is 0. The van der Waals surface area contributed by atoms with E-state index in [1.165, 1.54) is 10.5 Å². The van der Waals surface area contributed by atoms with Crippen molar-refractivity contribution in [1.29, 1.82) is 0 Å². The number of aliphatic hydroxyl groups is 2. The highest BCUT2D eigenvalue weighted by atomic mass is 16.3. The Morgan fingerprint density at radius 1 is 1.00 bits per heavy atom. The molecule has 5 rings (SSSR count). The summed E-state index contributed by atoms with van der Waals surface area (Å²) in [5.41, 5.74) is 0.00935. The van der Waals surface area contributed by atoms with Crippen LogP contribution < -0.4 is 0 Å². The van der Waals surface area contributed by atoms with Crippen molar-refractivity contribution in [2.24, 2.45) is 28.6 Å². The average molecular weight is 388 g/mol. The van der Waals surface area contributed by atoms with E-state index in [1.54, 1.807) is 0 Å². The third kappa shape index (κ3) is 2.32. The van der Waals surface area contributed by atoms with E-state index in [0.29, 0.717) is 30.6 Å². The first-order valence-electron chi connectivity index (χ1n) is 11.1. The van der Waals surface area contributed by atoms with Crippen molar-refractivity contribution in [3.63, 3.8) is 0 Å². The number of aliphatic hydroxyl groups excluding tert-OH is 1. The molecule has 154 valence electrons. The Hall–Kier alpha value is -1.20. The predicted octanol–water partition coefficient (Wildman–Crippen LogP) is 3.15. The fourth-order valence-corrected chi connectivity index (χ4v) is 7.83. The number of allylic oxidation sites excluding steroid dienone is 1. The van der Waals surface area contributed by atoms with Gasteiger partial charge in [0.05, 0.1) is 6.10 Å². The monoisotopic (exact) mass is 387 g/mol. The highest BCUT2D eigenvalue weighted by Gasteiger charge is 2.60. The molecule has 0 aromatic carbocycles. The van der Waals surface area contributed by atoms with Crippen LogP contribution >= 0.6 is 0 Å². The number of fused-ring (bicyclic) bond motifs is 5. The van der Waals surface area contributed by atoms with E-state index in [1.807, 2.05) is 0 Å². The van der Waals surface area contributed by atoms with Crippen molar-refractivity contribution in [2.75, 3.05) is 0 Å². The van der Waals surface area contributed by atoms with Gasteiger partial charge in [0.1, 0.15) is 0 Å². The van der Waals surface area contributed by atoms with Gasteiger partial charge in [-0.3, -0.25) is 14.5 Å². The van der Waals surface area contributed by atoms with Crippen molar-refractivity contribution in [2.45, 2.75) is 89.9 Å². The number of rotatable bonds is 1. The maximum Gasteiger partial charge on any atom is 0.232 e. The molecule has 0 aromatic rings. The number of amides is 2. The van der Waals surface area contributed by atoms with Gasteiger partial charge in [-0.2, -0.15) is 0 Å². The van der Waals surface area contributed by atoms with Gasteiger partial charge in [-0.15, -0.1) is 0 Å². The minimum absolute atomic E-state index is 0.0375. The van der Waals surface area contributed by atoms with Gasteiger partial charge < -0.3 is 10.2 Å². The molecule has 0 spiro atoms. The minimum Gasteiger partial charge on any atom is -0.393 e. The zero-order valence-electron chi connectivity index (χ0n) is 17.1. The number of carbonyl (C=O) groups excluding carboxylic acids is 2. The fourth-order valence-electron chi connectivity index (χ4n) is 7.83. The van der Waals surface area contributed by atoms with Gasteiger partial charge in [0.15, 0.2) is 5.72 Å². The predicted molar refractivity (Wildman–Crippen MR) is 104 cm³/mol. The summed E-state index contributed by atoms with van der Waals surface area (Å²) in [5.74, 6) is 1.31. The molecule has 4 aliphatic carbocycles. The summed E-state index contributed by atoms with van der Waals surface area (Å²) in [5, 5.41) is 21.9. The van der Waals surface area contributed by atoms with Gasteiger partial charge >= 0.3 is 0 Å². The SMILES string of the molecule is C[C@]12CC[C@H]3[C@@H](CC=C4C[C@](O)(N5C(=O)CCC5=O)CC[C@@]43C)[C@@H]1CC[C@@H]2O. The molecule has 3 saturated carbocycles. The quantitative estimate of drug-likeness (QED) is 0.535. The highest BCUT2D eigenvalue weighted by Crippen LogP contribution is 2.65. The molecule has 0 radical (unpaired) electrons. The topological polar surface area (TPSA) is 77.8 Å². The smallest absolute Gasteiger partial charge is 0.232 e. The van der Waals surface area contributed by atoms with E-state index in [4.69, 9.17) is 0 Å². The lowest BCUT2D eigenvalue weighted by molar-refractivity contribution is -0.175. The standard InChI is InChI=1S/C23H33NO4/c1-21-11-12-23(28,24-19(26)7-8-20(24)27)13-14(21)3-4-15-16-5-6-18(25)22(16,2)10-9-17(15)21/h3,15-18,25,28H,4-13H2,1-2H3/t15-,16-,17-,18-,21-,22-,23-/m0/s1. The molecule has 0 bridgehead atoms. The van der Waals surface area contributed by atoms with Gasteiger partial charge in [0.2, 0.25) is 11.8 Å². The number of carbonyl (C=O) groups is 2. The van der Waals surface area contributed by atoms with Crippen LogP contribution in [-0.4, -0.2) is 38.8 Å². The van der Waals surface area contributed by atoms with Crippen LogP contribution in [0, 0.1) is 28.6 Å². The lowest BCUT2D eigenvalue weighted by Gasteiger charge is -2.59. The number of hydrogen-bond acceptors (Lipinski definition) is 4. The maximum absolute atomic E-state index is 12.3. The second-order valence-corrected chi connectivity index (χ2v) is 10.7. The second-order valence-electron chi connectivity index (χ2n) is 10.7. The van der Waals surface area contributed by atoms with Crippen LogP contribution in [0.2, 0.25) is 0 Å². The largest absolute Gasteiger partial charge is 0.393 e. The zero-order valence-corrected chi connectivity index (χ0v) is 17.1. The van der Waals surface area contributed by atoms with Crippen molar-refractivity contribution in [3.05, 3.63) is 11.6 Å². The van der Waals surface area contributed by atoms with Crippen LogP contribution in [-0.2, 0) is 9.59 Å². The number of hydrogen-bond donors (Lipinski definition) is 2. The molecule has 4 fully saturated rings. The van der Waals surface area contributed by atoms with Crippen LogP contribution in [0.1, 0.15) is 78.1 Å². The van der Waals surface area contributed by atoms with Gasteiger partial charge in [0.25, 0.3) is 0 Å². The maximum atomic E-state index is 12.3. The molecule has 1 saturated heterocycles. The third-order valence-electron chi connectivity index (χ3n) is 9.56. The van der Waals surface area contributed by atoms with Crippen LogP contribution in [0.4, 0.5) is 0 Å². The van der Waals surface area contributed by atoms with Gasteiger partial charge in [-0.05, 0) is 73.5 Å². The zero-order chi connectivity index (χ0) is 19.9. The molecular formula is C23H33NO4. The van der Waals surface area contributed by atoms with E-state index in [-0.39, 0.29) is 41.6 Å². The second kappa shape index (κ2) is 5.91. The molecule has 0 unspecified atom stereocenters. The summed E-state index contributed by atoms with van der Waals surface area (Å²) in [7, 11) is 0. The average Bonchev–Trinajstić information content (AvgIpc) is 3.15. The first-order valence-corrected chi connectivity index (χ1v) is 11.1. The Bertz CT molecular complexity index is 746. The van der Waals surface area contributed by atoms with Crippen molar-refractivity contribution >= 4 is 11.8 Å². The van der Waals surface area contributed by atoms with Crippen molar-refractivity contribution < 1.29 is 19.8 Å². The van der Waals surface area contributed by atoms with Gasteiger partial charge in [-0.1, -0.05) is 25.5 Å². The van der Waals surface area contributed by atoms with Crippen molar-refractivity contribution in [1.82, 2.24) is 4.90 Å². The molecule has 5 nitrogen and oxygen atoms in total. The summed E-state index contributed by atoms with van der Waals surface area (Å²) in [6.07, 6.45) is 9.57. The summed E-state index contributed by atoms with van der Waals surface area (Å²) in [4.78, 5) is 25.7. The minimum atomic E-state index is -1.34. The van der Waals surface area contributed by atoms with E-state index in [2.05, 4.69) is 19.9 Å². The Kier molecular flexibility index (Phi) is 3.97. The molecule has 2 amide bonds. The van der Waals surface area contributed by atoms with E-state index in [9.17, 15) is 19.8 Å². The molecule has 2 N–H and O–H groups in total. The molecule has 5 heteroatoms.